The van der Waals surface area contributed by atoms with E-state index in [9.17, 15) is 9.59 Å². The van der Waals surface area contributed by atoms with Crippen LogP contribution in [0.15, 0.2) is 48.7 Å². The minimum Gasteiger partial charge on any atom is -0.497 e. The van der Waals surface area contributed by atoms with Crippen molar-refractivity contribution in [1.82, 2.24) is 15.2 Å². The zero-order valence-corrected chi connectivity index (χ0v) is 16.2. The molecule has 1 fully saturated rings. The number of pyridine rings is 1. The van der Waals surface area contributed by atoms with Gasteiger partial charge in [-0.15, -0.1) is 11.8 Å². The van der Waals surface area contributed by atoms with E-state index < -0.39 is 6.04 Å². The second-order valence-electron chi connectivity index (χ2n) is 6.19. The molecule has 2 heterocycles. The van der Waals surface area contributed by atoms with Crippen LogP contribution in [0, 0.1) is 0 Å². The van der Waals surface area contributed by atoms with Crippen molar-refractivity contribution in [3.63, 3.8) is 0 Å². The summed E-state index contributed by atoms with van der Waals surface area (Å²) in [5.41, 5.74) is 1.34. The van der Waals surface area contributed by atoms with Crippen molar-refractivity contribution in [3.8, 4) is 5.75 Å². The molecule has 2 aromatic rings. The standard InChI is InChI=1S/C20H23N3O3S/c1-3-18-23(20(25)14-7-9-16(26-2)10-8-14)17(13-27-18)19(24)22-12-15-6-4-5-11-21-15/h4-11,17-18H,3,12-13H2,1-2H3,(H,22,24). The smallest absolute Gasteiger partial charge is 0.255 e. The first kappa shape index (κ1) is 19.2. The Balaban J connectivity index is 1.73. The minimum atomic E-state index is -0.488. The van der Waals surface area contributed by atoms with Crippen LogP contribution in [0.3, 0.4) is 0 Å². The highest BCUT2D eigenvalue weighted by molar-refractivity contribution is 8.00. The van der Waals surface area contributed by atoms with Gasteiger partial charge in [-0.1, -0.05) is 13.0 Å². The van der Waals surface area contributed by atoms with Crippen LogP contribution in [-0.4, -0.2) is 46.0 Å². The number of carbonyl (C=O) groups is 2. The van der Waals surface area contributed by atoms with Crippen LogP contribution in [0.1, 0.15) is 29.4 Å². The van der Waals surface area contributed by atoms with Crippen LogP contribution in [0.2, 0.25) is 0 Å². The highest BCUT2D eigenvalue weighted by Crippen LogP contribution is 2.33. The molecule has 0 radical (unpaired) electrons. The molecule has 0 saturated carbocycles. The lowest BCUT2D eigenvalue weighted by Crippen LogP contribution is -2.49. The Morgan fingerprint density at radius 3 is 2.67 bits per heavy atom. The lowest BCUT2D eigenvalue weighted by atomic mass is 10.1. The summed E-state index contributed by atoms with van der Waals surface area (Å²) in [4.78, 5) is 31.8. The molecule has 2 amide bonds. The number of ether oxygens (including phenoxy) is 1. The Kier molecular flexibility index (Phi) is 6.34. The SMILES string of the molecule is CCC1SCC(C(=O)NCc2ccccn2)N1C(=O)c1ccc(OC)cc1. The van der Waals surface area contributed by atoms with Gasteiger partial charge in [0.1, 0.15) is 11.8 Å². The summed E-state index contributed by atoms with van der Waals surface area (Å²) >= 11 is 1.64. The quantitative estimate of drug-likeness (QED) is 0.828. The number of thioether (sulfide) groups is 1. The first-order valence-electron chi connectivity index (χ1n) is 8.90. The third kappa shape index (κ3) is 4.42. The van der Waals surface area contributed by atoms with E-state index in [-0.39, 0.29) is 17.2 Å². The van der Waals surface area contributed by atoms with Gasteiger partial charge in [0.15, 0.2) is 0 Å². The van der Waals surface area contributed by atoms with Gasteiger partial charge in [-0.2, -0.15) is 0 Å². The maximum Gasteiger partial charge on any atom is 0.255 e. The number of benzene rings is 1. The summed E-state index contributed by atoms with van der Waals surface area (Å²) in [6.07, 6.45) is 2.48. The van der Waals surface area contributed by atoms with E-state index in [1.54, 1.807) is 54.2 Å². The van der Waals surface area contributed by atoms with Gasteiger partial charge in [-0.25, -0.2) is 0 Å². The predicted octanol–water partition coefficient (Wildman–Crippen LogP) is 2.70. The summed E-state index contributed by atoms with van der Waals surface area (Å²) in [6, 6.07) is 12.1. The molecule has 2 atom stereocenters. The van der Waals surface area contributed by atoms with Crippen LogP contribution < -0.4 is 10.1 Å². The first-order chi connectivity index (χ1) is 13.1. The van der Waals surface area contributed by atoms with E-state index in [0.29, 0.717) is 23.6 Å². The number of methoxy groups -OCH3 is 1. The Hall–Kier alpha value is -2.54. The molecule has 1 aromatic carbocycles. The van der Waals surface area contributed by atoms with Crippen LogP contribution in [0.4, 0.5) is 0 Å². The molecule has 3 rings (SSSR count). The third-order valence-electron chi connectivity index (χ3n) is 4.49. The van der Waals surface area contributed by atoms with E-state index in [2.05, 4.69) is 10.3 Å². The molecule has 6 nitrogen and oxygen atoms in total. The molecule has 142 valence electrons. The maximum absolute atomic E-state index is 13.1. The normalized spacial score (nSPS) is 19.0. The predicted molar refractivity (Wildman–Crippen MR) is 106 cm³/mol. The van der Waals surface area contributed by atoms with Crippen LogP contribution in [-0.2, 0) is 11.3 Å². The summed E-state index contributed by atoms with van der Waals surface area (Å²) in [7, 11) is 1.59. The highest BCUT2D eigenvalue weighted by Gasteiger charge is 2.40. The van der Waals surface area contributed by atoms with Crippen molar-refractivity contribution in [3.05, 3.63) is 59.9 Å². The zero-order chi connectivity index (χ0) is 19.2. The number of carbonyl (C=O) groups excluding carboxylic acids is 2. The number of rotatable bonds is 6. The molecule has 27 heavy (non-hydrogen) atoms. The van der Waals surface area contributed by atoms with E-state index in [1.807, 2.05) is 25.1 Å². The van der Waals surface area contributed by atoms with Crippen molar-refractivity contribution < 1.29 is 14.3 Å². The Morgan fingerprint density at radius 2 is 2.04 bits per heavy atom. The molecule has 1 aromatic heterocycles. The fourth-order valence-electron chi connectivity index (χ4n) is 3.03. The Labute approximate surface area is 163 Å². The number of aromatic nitrogens is 1. The van der Waals surface area contributed by atoms with Crippen molar-refractivity contribution in [2.24, 2.45) is 0 Å². The van der Waals surface area contributed by atoms with Crippen LogP contribution in [0.5, 0.6) is 5.75 Å². The Morgan fingerprint density at radius 1 is 1.26 bits per heavy atom. The second-order valence-corrected chi connectivity index (χ2v) is 7.40. The monoisotopic (exact) mass is 385 g/mol. The van der Waals surface area contributed by atoms with Crippen molar-refractivity contribution in [2.45, 2.75) is 31.3 Å². The summed E-state index contributed by atoms with van der Waals surface area (Å²) in [6.45, 7) is 2.38. The largest absolute Gasteiger partial charge is 0.497 e. The molecule has 0 aliphatic carbocycles. The molecule has 0 bridgehead atoms. The second kappa shape index (κ2) is 8.90. The van der Waals surface area contributed by atoms with Crippen LogP contribution >= 0.6 is 11.8 Å². The molecule has 1 aliphatic heterocycles. The molecule has 1 N–H and O–H groups in total. The summed E-state index contributed by atoms with van der Waals surface area (Å²) < 4.78 is 5.15. The summed E-state index contributed by atoms with van der Waals surface area (Å²) in [5.74, 6) is 1.01. The zero-order valence-electron chi connectivity index (χ0n) is 15.4. The summed E-state index contributed by atoms with van der Waals surface area (Å²) in [5, 5.41) is 2.90. The number of nitrogens with one attached hydrogen (secondary N) is 1. The number of hydrogen-bond donors (Lipinski definition) is 1. The fraction of sp³-hybridized carbons (Fsp3) is 0.350. The number of hydrogen-bond acceptors (Lipinski definition) is 5. The van der Waals surface area contributed by atoms with Gasteiger partial charge < -0.3 is 15.0 Å². The fourth-order valence-corrected chi connectivity index (χ4v) is 4.39. The van der Waals surface area contributed by atoms with E-state index in [0.717, 1.165) is 12.1 Å². The topological polar surface area (TPSA) is 71.5 Å². The third-order valence-corrected chi connectivity index (χ3v) is 5.94. The molecule has 2 unspecified atom stereocenters. The van der Waals surface area contributed by atoms with Gasteiger partial charge >= 0.3 is 0 Å². The van der Waals surface area contributed by atoms with Crippen molar-refractivity contribution in [2.75, 3.05) is 12.9 Å². The lowest BCUT2D eigenvalue weighted by molar-refractivity contribution is -0.125. The van der Waals surface area contributed by atoms with Crippen molar-refractivity contribution >= 4 is 23.6 Å². The van der Waals surface area contributed by atoms with Gasteiger partial charge in [-0.05, 0) is 42.8 Å². The number of nitrogens with zero attached hydrogens (tertiary/aromatic N) is 2. The molecule has 1 saturated heterocycles. The molecule has 1 aliphatic rings. The van der Waals surface area contributed by atoms with Crippen LogP contribution in [0.25, 0.3) is 0 Å². The van der Waals surface area contributed by atoms with Gasteiger partial charge in [0.2, 0.25) is 5.91 Å². The minimum absolute atomic E-state index is 0.00907. The van der Waals surface area contributed by atoms with E-state index in [1.165, 1.54) is 0 Å². The van der Waals surface area contributed by atoms with Gasteiger partial charge in [-0.3, -0.25) is 14.6 Å². The average molecular weight is 385 g/mol. The highest BCUT2D eigenvalue weighted by atomic mass is 32.2. The average Bonchev–Trinajstić information content (AvgIpc) is 3.16. The lowest BCUT2D eigenvalue weighted by Gasteiger charge is -2.28. The maximum atomic E-state index is 13.1. The van der Waals surface area contributed by atoms with E-state index in [4.69, 9.17) is 4.74 Å². The first-order valence-corrected chi connectivity index (χ1v) is 9.94. The molecule has 0 spiro atoms. The van der Waals surface area contributed by atoms with Crippen molar-refractivity contribution in [1.29, 1.82) is 0 Å². The number of amides is 2. The van der Waals surface area contributed by atoms with Gasteiger partial charge in [0.05, 0.1) is 24.7 Å². The molecular formula is C20H23N3O3S. The molecule has 7 heteroatoms. The van der Waals surface area contributed by atoms with Gasteiger partial charge in [0, 0.05) is 17.5 Å². The Bertz CT molecular complexity index is 783. The van der Waals surface area contributed by atoms with Gasteiger partial charge in [0.25, 0.3) is 5.91 Å². The molecular weight excluding hydrogens is 362 g/mol. The van der Waals surface area contributed by atoms with E-state index >= 15 is 0 Å².